The first-order valence-electron chi connectivity index (χ1n) is 5.43. The zero-order valence-electron chi connectivity index (χ0n) is 8.40. The lowest BCUT2D eigenvalue weighted by Crippen LogP contribution is -2.55. The van der Waals surface area contributed by atoms with E-state index < -0.39 is 0 Å². The molecule has 1 saturated carbocycles. The highest BCUT2D eigenvalue weighted by molar-refractivity contribution is 4.96. The van der Waals surface area contributed by atoms with Crippen molar-refractivity contribution in [1.82, 2.24) is 5.32 Å². The molecule has 2 aliphatic rings. The fraction of sp³-hybridized carbons (Fsp3) is 1.00. The van der Waals surface area contributed by atoms with E-state index in [2.05, 4.69) is 19.2 Å². The largest absolute Gasteiger partial charge is 0.316 e. The highest BCUT2D eigenvalue weighted by Crippen LogP contribution is 2.44. The van der Waals surface area contributed by atoms with Gasteiger partial charge in [0.15, 0.2) is 0 Å². The van der Waals surface area contributed by atoms with Crippen LogP contribution in [0.25, 0.3) is 0 Å². The van der Waals surface area contributed by atoms with Crippen LogP contribution in [0, 0.1) is 17.3 Å². The van der Waals surface area contributed by atoms with Crippen molar-refractivity contribution >= 4 is 0 Å². The van der Waals surface area contributed by atoms with E-state index in [1.54, 1.807) is 0 Å². The maximum atomic E-state index is 3.43. The molecule has 1 unspecified atom stereocenters. The number of hydrogen-bond donors (Lipinski definition) is 1. The van der Waals surface area contributed by atoms with Crippen molar-refractivity contribution in [3.05, 3.63) is 0 Å². The summed E-state index contributed by atoms with van der Waals surface area (Å²) in [6, 6.07) is 0. The van der Waals surface area contributed by atoms with Gasteiger partial charge >= 0.3 is 0 Å². The summed E-state index contributed by atoms with van der Waals surface area (Å²) in [7, 11) is 0. The Morgan fingerprint density at radius 2 is 2.08 bits per heavy atom. The fourth-order valence-electron chi connectivity index (χ4n) is 2.87. The Hall–Kier alpha value is -0.0400. The van der Waals surface area contributed by atoms with E-state index in [1.165, 1.54) is 38.8 Å². The molecule has 0 radical (unpaired) electrons. The molecule has 0 bridgehead atoms. The quantitative estimate of drug-likeness (QED) is 0.632. The van der Waals surface area contributed by atoms with E-state index in [9.17, 15) is 0 Å². The van der Waals surface area contributed by atoms with Crippen molar-refractivity contribution in [3.63, 3.8) is 0 Å². The van der Waals surface area contributed by atoms with Crippen LogP contribution in [0.4, 0.5) is 0 Å². The molecular weight excluding hydrogens is 146 g/mol. The van der Waals surface area contributed by atoms with Gasteiger partial charge in [-0.1, -0.05) is 26.7 Å². The van der Waals surface area contributed by atoms with E-state index in [-0.39, 0.29) is 0 Å². The van der Waals surface area contributed by atoms with E-state index in [1.807, 2.05) is 0 Å². The van der Waals surface area contributed by atoms with Crippen LogP contribution < -0.4 is 5.32 Å². The summed E-state index contributed by atoms with van der Waals surface area (Å²) in [5.41, 5.74) is 0.743. The Balaban J connectivity index is 1.94. The van der Waals surface area contributed by atoms with Crippen LogP contribution in [0.15, 0.2) is 0 Å². The van der Waals surface area contributed by atoms with Gasteiger partial charge in [-0.2, -0.15) is 0 Å². The van der Waals surface area contributed by atoms with Gasteiger partial charge in [0, 0.05) is 13.1 Å². The van der Waals surface area contributed by atoms with E-state index in [0.29, 0.717) is 0 Å². The molecular formula is C11H21N. The first-order valence-corrected chi connectivity index (χ1v) is 5.43. The van der Waals surface area contributed by atoms with Crippen LogP contribution in [-0.4, -0.2) is 13.1 Å². The highest BCUT2D eigenvalue weighted by atomic mass is 15.0. The molecule has 12 heavy (non-hydrogen) atoms. The molecule has 0 aromatic carbocycles. The third-order valence-corrected chi connectivity index (χ3v) is 3.92. The summed E-state index contributed by atoms with van der Waals surface area (Å²) in [4.78, 5) is 0. The smallest absolute Gasteiger partial charge is 0.00203 e. The van der Waals surface area contributed by atoms with Crippen LogP contribution in [-0.2, 0) is 0 Å². The van der Waals surface area contributed by atoms with E-state index in [0.717, 1.165) is 17.3 Å². The van der Waals surface area contributed by atoms with Crippen LogP contribution in [0.2, 0.25) is 0 Å². The lowest BCUT2D eigenvalue weighted by atomic mass is 9.64. The van der Waals surface area contributed by atoms with Crippen LogP contribution in [0.1, 0.15) is 39.5 Å². The zero-order chi connectivity index (χ0) is 8.60. The Bertz CT molecular complexity index is 158. The minimum Gasteiger partial charge on any atom is -0.316 e. The minimum atomic E-state index is 0.743. The molecule has 1 nitrogen and oxygen atoms in total. The van der Waals surface area contributed by atoms with Gasteiger partial charge in [0.1, 0.15) is 0 Å². The predicted octanol–water partition coefficient (Wildman–Crippen LogP) is 2.42. The summed E-state index contributed by atoms with van der Waals surface area (Å²) >= 11 is 0. The molecule has 1 saturated heterocycles. The van der Waals surface area contributed by atoms with Gasteiger partial charge in [-0.3, -0.25) is 0 Å². The molecule has 2 fully saturated rings. The maximum absolute atomic E-state index is 3.43. The zero-order valence-corrected chi connectivity index (χ0v) is 8.40. The molecule has 1 heteroatoms. The fourth-order valence-corrected chi connectivity index (χ4v) is 2.87. The third kappa shape index (κ3) is 1.39. The van der Waals surface area contributed by atoms with Gasteiger partial charge < -0.3 is 5.32 Å². The molecule has 0 aromatic heterocycles. The van der Waals surface area contributed by atoms with E-state index in [4.69, 9.17) is 0 Å². The Kier molecular flexibility index (Phi) is 2.16. The lowest BCUT2D eigenvalue weighted by Gasteiger charge is -2.49. The minimum absolute atomic E-state index is 0.743. The maximum Gasteiger partial charge on any atom is 0.00203 e. The third-order valence-electron chi connectivity index (χ3n) is 3.92. The first-order chi connectivity index (χ1) is 5.72. The monoisotopic (exact) mass is 167 g/mol. The van der Waals surface area contributed by atoms with Gasteiger partial charge in [0.25, 0.3) is 0 Å². The molecule has 70 valence electrons. The molecule has 1 heterocycles. The molecule has 0 amide bonds. The molecule has 1 aliphatic heterocycles. The Morgan fingerprint density at radius 3 is 2.58 bits per heavy atom. The Morgan fingerprint density at radius 1 is 1.33 bits per heavy atom. The highest BCUT2D eigenvalue weighted by Gasteiger charge is 2.41. The van der Waals surface area contributed by atoms with Crippen molar-refractivity contribution in [2.45, 2.75) is 39.5 Å². The topological polar surface area (TPSA) is 12.0 Å². The lowest BCUT2D eigenvalue weighted by molar-refractivity contribution is 0.0563. The summed E-state index contributed by atoms with van der Waals surface area (Å²) < 4.78 is 0. The van der Waals surface area contributed by atoms with Gasteiger partial charge in [-0.15, -0.1) is 0 Å². The standard InChI is InChI=1S/C11H21N/c1-9(2)10-4-3-5-11(6-10)7-12-8-11/h9-10,12H,3-8H2,1-2H3. The first kappa shape index (κ1) is 8.55. The summed E-state index contributed by atoms with van der Waals surface area (Å²) in [5.74, 6) is 1.92. The van der Waals surface area contributed by atoms with Crippen molar-refractivity contribution in [3.8, 4) is 0 Å². The summed E-state index contributed by atoms with van der Waals surface area (Å²) in [5, 5.41) is 3.43. The second-order valence-corrected chi connectivity index (χ2v) is 5.20. The van der Waals surface area contributed by atoms with Gasteiger partial charge in [0.2, 0.25) is 0 Å². The predicted molar refractivity (Wildman–Crippen MR) is 52.1 cm³/mol. The van der Waals surface area contributed by atoms with Gasteiger partial charge in [-0.05, 0) is 30.1 Å². The average molecular weight is 167 g/mol. The number of nitrogens with one attached hydrogen (secondary N) is 1. The summed E-state index contributed by atoms with van der Waals surface area (Å²) in [6.45, 7) is 7.37. The van der Waals surface area contributed by atoms with Gasteiger partial charge in [-0.25, -0.2) is 0 Å². The average Bonchev–Trinajstić information content (AvgIpc) is 2.02. The second kappa shape index (κ2) is 3.02. The molecule has 1 N–H and O–H groups in total. The van der Waals surface area contributed by atoms with Crippen LogP contribution in [0.5, 0.6) is 0 Å². The molecule has 2 rings (SSSR count). The number of rotatable bonds is 1. The molecule has 0 aromatic rings. The SMILES string of the molecule is CC(C)C1CCCC2(CNC2)C1. The molecule has 1 atom stereocenters. The van der Waals surface area contributed by atoms with E-state index >= 15 is 0 Å². The van der Waals surface area contributed by atoms with Crippen molar-refractivity contribution in [2.75, 3.05) is 13.1 Å². The molecule has 1 spiro atoms. The normalized spacial score (nSPS) is 33.8. The van der Waals surface area contributed by atoms with Gasteiger partial charge in [0.05, 0.1) is 0 Å². The summed E-state index contributed by atoms with van der Waals surface area (Å²) in [6.07, 6.45) is 5.95. The van der Waals surface area contributed by atoms with Crippen molar-refractivity contribution in [2.24, 2.45) is 17.3 Å². The van der Waals surface area contributed by atoms with Crippen molar-refractivity contribution < 1.29 is 0 Å². The van der Waals surface area contributed by atoms with Crippen LogP contribution >= 0.6 is 0 Å². The second-order valence-electron chi connectivity index (χ2n) is 5.20. The van der Waals surface area contributed by atoms with Crippen LogP contribution in [0.3, 0.4) is 0 Å². The number of hydrogen-bond acceptors (Lipinski definition) is 1. The van der Waals surface area contributed by atoms with Crippen molar-refractivity contribution in [1.29, 1.82) is 0 Å². The molecule has 1 aliphatic carbocycles. The Labute approximate surface area is 75.9 Å².